The maximum Gasteiger partial charge on any atom is 0.340 e. The number of thiocarbonyl (C=S) groups is 1. The highest BCUT2D eigenvalue weighted by molar-refractivity contribution is 7.80. The summed E-state index contributed by atoms with van der Waals surface area (Å²) in [5.41, 5.74) is 2.03. The van der Waals surface area contributed by atoms with Crippen molar-refractivity contribution in [1.82, 2.24) is 14.8 Å². The highest BCUT2D eigenvalue weighted by Gasteiger charge is 2.18. The summed E-state index contributed by atoms with van der Waals surface area (Å²) in [4.78, 5) is 17.4. The number of hydrogen-bond acceptors (Lipinski definition) is 6. The van der Waals surface area contributed by atoms with Crippen molar-refractivity contribution >= 4 is 45.6 Å². The van der Waals surface area contributed by atoms with Crippen LogP contribution in [0.1, 0.15) is 26.4 Å². The molecule has 10 heteroatoms. The number of ether oxygens (including phenoxy) is 1. The van der Waals surface area contributed by atoms with Crippen molar-refractivity contribution < 1.29 is 13.9 Å². The van der Waals surface area contributed by atoms with Crippen molar-refractivity contribution in [3.8, 4) is 0 Å². The number of halogens is 1. The number of hydrogen-bond donors (Lipinski definition) is 2. The van der Waals surface area contributed by atoms with Gasteiger partial charge in [0.1, 0.15) is 17.1 Å². The van der Waals surface area contributed by atoms with Gasteiger partial charge in [-0.2, -0.15) is 0 Å². The van der Waals surface area contributed by atoms with E-state index in [2.05, 4.69) is 20.7 Å². The van der Waals surface area contributed by atoms with Gasteiger partial charge >= 0.3 is 5.97 Å². The molecule has 0 aliphatic carbocycles. The van der Waals surface area contributed by atoms with E-state index < -0.39 is 5.97 Å². The van der Waals surface area contributed by atoms with E-state index in [1.165, 1.54) is 35.5 Å². The second kappa shape index (κ2) is 10.3. The Labute approximate surface area is 199 Å². The summed E-state index contributed by atoms with van der Waals surface area (Å²) in [5, 5.41) is 11.0. The molecule has 0 aliphatic heterocycles. The number of aromatic nitrogens is 3. The molecule has 0 spiro atoms. The molecule has 0 bridgehead atoms. The first-order valence-corrected chi connectivity index (χ1v) is 11.2. The minimum Gasteiger partial charge on any atom is -0.465 e. The summed E-state index contributed by atoms with van der Waals surface area (Å²) in [6, 6.07) is 18.2. The van der Waals surface area contributed by atoms with Gasteiger partial charge in [-0.1, -0.05) is 48.5 Å². The number of carbonyl (C=O) groups is 1. The van der Waals surface area contributed by atoms with Crippen molar-refractivity contribution in [2.45, 2.75) is 13.0 Å². The van der Waals surface area contributed by atoms with E-state index in [1.54, 1.807) is 24.3 Å². The van der Waals surface area contributed by atoms with E-state index >= 15 is 0 Å². The van der Waals surface area contributed by atoms with Gasteiger partial charge in [-0.3, -0.25) is 5.32 Å². The van der Waals surface area contributed by atoms with Gasteiger partial charge in [0, 0.05) is 16.9 Å². The van der Waals surface area contributed by atoms with Gasteiger partial charge in [0.2, 0.25) is 5.95 Å². The molecule has 2 N–H and O–H groups in total. The second-order valence-electron chi connectivity index (χ2n) is 7.05. The molecule has 0 aliphatic rings. The van der Waals surface area contributed by atoms with Crippen molar-refractivity contribution in [3.63, 3.8) is 0 Å². The van der Waals surface area contributed by atoms with Gasteiger partial charge in [0.25, 0.3) is 0 Å². The number of benzene rings is 2. The maximum absolute atomic E-state index is 13.9. The van der Waals surface area contributed by atoms with Crippen LogP contribution in [-0.4, -0.2) is 33.0 Å². The summed E-state index contributed by atoms with van der Waals surface area (Å²) in [6.45, 7) is 0.238. The topological polar surface area (TPSA) is 81.1 Å². The molecule has 2 heterocycles. The zero-order valence-electron chi connectivity index (χ0n) is 17.6. The van der Waals surface area contributed by atoms with Crippen LogP contribution < -0.4 is 10.6 Å². The quantitative estimate of drug-likeness (QED) is 0.292. The molecule has 0 amide bonds. The lowest BCUT2D eigenvalue weighted by Crippen LogP contribution is -2.20. The lowest BCUT2D eigenvalue weighted by Gasteiger charge is -2.08. The average molecular weight is 482 g/mol. The zero-order valence-corrected chi connectivity index (χ0v) is 19.3. The number of nitrogens with one attached hydrogen (secondary N) is 2. The number of carbonyl (C=O) groups excluding carboxylic acids is 1. The Morgan fingerprint density at radius 3 is 2.67 bits per heavy atom. The summed E-state index contributed by atoms with van der Waals surface area (Å²) < 4.78 is 20.3. The third kappa shape index (κ3) is 5.79. The maximum atomic E-state index is 13.9. The summed E-state index contributed by atoms with van der Waals surface area (Å²) >= 11 is 6.80. The standard InChI is InChI=1S/C23H20FN5O2S2/c1-31-21(30)18-12-17(11-15-7-3-2-4-8-15)33-20(18)26-23(32)27-22-25-14-29(28-22)13-16-9-5-6-10-19(16)24/h2-10,12,14H,11,13H2,1H3,(H2,26,27,28,32). The van der Waals surface area contributed by atoms with Gasteiger partial charge < -0.3 is 10.1 Å². The minimum atomic E-state index is -0.455. The van der Waals surface area contributed by atoms with Crippen LogP contribution in [0, 0.1) is 5.82 Å². The normalized spacial score (nSPS) is 10.6. The molecule has 2 aromatic heterocycles. The van der Waals surface area contributed by atoms with Gasteiger partial charge in [0.05, 0.1) is 19.2 Å². The van der Waals surface area contributed by atoms with Crippen LogP contribution in [-0.2, 0) is 17.7 Å². The molecule has 0 atom stereocenters. The van der Waals surface area contributed by atoms with Crippen LogP contribution in [0.2, 0.25) is 0 Å². The van der Waals surface area contributed by atoms with Crippen LogP contribution in [0.5, 0.6) is 0 Å². The van der Waals surface area contributed by atoms with Crippen molar-refractivity contribution in [1.29, 1.82) is 0 Å². The minimum absolute atomic E-state index is 0.219. The number of methoxy groups -OCH3 is 1. The number of thiophene rings is 1. The van der Waals surface area contributed by atoms with Crippen LogP contribution in [0.25, 0.3) is 0 Å². The SMILES string of the molecule is COC(=O)c1cc(Cc2ccccc2)sc1NC(=S)Nc1ncn(Cc2ccccc2F)n1. The van der Waals surface area contributed by atoms with E-state index in [0.29, 0.717) is 22.5 Å². The van der Waals surface area contributed by atoms with Crippen LogP contribution in [0.4, 0.5) is 15.3 Å². The first kappa shape index (κ1) is 22.6. The third-order valence-electron chi connectivity index (χ3n) is 4.69. The van der Waals surface area contributed by atoms with Crippen molar-refractivity contribution in [3.05, 3.63) is 94.4 Å². The fraction of sp³-hybridized carbons (Fsp3) is 0.130. The van der Waals surface area contributed by atoms with Crippen molar-refractivity contribution in [2.24, 2.45) is 0 Å². The number of anilines is 2. The number of nitrogens with zero attached hydrogens (tertiary/aromatic N) is 3. The number of rotatable bonds is 7. The highest BCUT2D eigenvalue weighted by Crippen LogP contribution is 2.30. The first-order valence-electron chi connectivity index (χ1n) is 9.97. The molecule has 4 rings (SSSR count). The zero-order chi connectivity index (χ0) is 23.2. The lowest BCUT2D eigenvalue weighted by atomic mass is 10.1. The Kier molecular flexibility index (Phi) is 7.06. The highest BCUT2D eigenvalue weighted by atomic mass is 32.1. The monoisotopic (exact) mass is 481 g/mol. The molecule has 0 radical (unpaired) electrons. The summed E-state index contributed by atoms with van der Waals surface area (Å²) in [7, 11) is 1.34. The largest absolute Gasteiger partial charge is 0.465 e. The summed E-state index contributed by atoms with van der Waals surface area (Å²) in [5.74, 6) is -0.508. The van der Waals surface area contributed by atoms with Gasteiger partial charge in [-0.05, 0) is 29.9 Å². The first-order chi connectivity index (χ1) is 16.0. The Balaban J connectivity index is 1.44. The smallest absolute Gasteiger partial charge is 0.340 e. The van der Waals surface area contributed by atoms with Crippen molar-refractivity contribution in [2.75, 3.05) is 17.7 Å². The molecular formula is C23H20FN5O2S2. The van der Waals surface area contributed by atoms with E-state index in [0.717, 1.165) is 10.4 Å². The molecule has 0 fully saturated rings. The molecule has 168 valence electrons. The van der Waals surface area contributed by atoms with Crippen LogP contribution in [0.15, 0.2) is 67.0 Å². The number of esters is 1. The predicted molar refractivity (Wildman–Crippen MR) is 130 cm³/mol. The fourth-order valence-corrected chi connectivity index (χ4v) is 4.49. The van der Waals surface area contributed by atoms with E-state index in [9.17, 15) is 9.18 Å². The third-order valence-corrected chi connectivity index (χ3v) is 5.94. The fourth-order valence-electron chi connectivity index (χ4n) is 3.15. The van der Waals surface area contributed by atoms with Crippen LogP contribution >= 0.6 is 23.6 Å². The average Bonchev–Trinajstić information content (AvgIpc) is 3.42. The Morgan fingerprint density at radius 1 is 1.15 bits per heavy atom. The molecule has 4 aromatic rings. The van der Waals surface area contributed by atoms with E-state index in [-0.39, 0.29) is 23.4 Å². The van der Waals surface area contributed by atoms with Gasteiger partial charge in [-0.25, -0.2) is 18.9 Å². The molecule has 0 unspecified atom stereocenters. The predicted octanol–water partition coefficient (Wildman–Crippen LogP) is 4.71. The van der Waals surface area contributed by atoms with Gasteiger partial charge in [0.15, 0.2) is 5.11 Å². The summed E-state index contributed by atoms with van der Waals surface area (Å²) in [6.07, 6.45) is 2.17. The molecule has 0 saturated heterocycles. The Morgan fingerprint density at radius 2 is 1.91 bits per heavy atom. The van der Waals surface area contributed by atoms with E-state index in [4.69, 9.17) is 17.0 Å². The molecule has 33 heavy (non-hydrogen) atoms. The Hall–Kier alpha value is -3.63. The molecule has 0 saturated carbocycles. The molecule has 2 aromatic carbocycles. The van der Waals surface area contributed by atoms with Crippen LogP contribution in [0.3, 0.4) is 0 Å². The second-order valence-corrected chi connectivity index (χ2v) is 8.59. The molecular weight excluding hydrogens is 461 g/mol. The van der Waals surface area contributed by atoms with Gasteiger partial charge in [-0.15, -0.1) is 16.4 Å². The molecule has 7 nitrogen and oxygen atoms in total. The Bertz CT molecular complexity index is 1270. The van der Waals surface area contributed by atoms with E-state index in [1.807, 2.05) is 30.3 Å². The lowest BCUT2D eigenvalue weighted by molar-refractivity contribution is 0.0602.